The number of carbonyl (C=O) groups excluding carboxylic acids is 1. The van der Waals surface area contributed by atoms with Gasteiger partial charge in [-0.3, -0.25) is 4.79 Å². The number of ether oxygens (including phenoxy) is 1. The Kier molecular flexibility index (Phi) is 6.44. The smallest absolute Gasteiger partial charge is 0.387 e. The van der Waals surface area contributed by atoms with E-state index in [-0.39, 0.29) is 17.7 Å². The number of hydrogen-bond donors (Lipinski definition) is 1. The monoisotopic (exact) mass is 416 g/mol. The van der Waals surface area contributed by atoms with E-state index < -0.39 is 6.61 Å². The quantitative estimate of drug-likeness (QED) is 0.693. The molecule has 1 N–H and O–H groups in total. The minimum atomic E-state index is -2.93. The summed E-state index contributed by atoms with van der Waals surface area (Å²) in [7, 11) is 0. The van der Waals surface area contributed by atoms with E-state index >= 15 is 0 Å². The lowest BCUT2D eigenvalue weighted by Crippen LogP contribution is -2.24. The van der Waals surface area contributed by atoms with E-state index in [1.165, 1.54) is 29.6 Å². The molecule has 0 radical (unpaired) electrons. The summed E-state index contributed by atoms with van der Waals surface area (Å²) in [6.07, 6.45) is 2.70. The topological polar surface area (TPSA) is 51.2 Å². The summed E-state index contributed by atoms with van der Waals surface area (Å²) in [5.41, 5.74) is 1.27. The largest absolute Gasteiger partial charge is 0.434 e. The van der Waals surface area contributed by atoms with Gasteiger partial charge in [0.1, 0.15) is 10.8 Å². The summed E-state index contributed by atoms with van der Waals surface area (Å²) in [6, 6.07) is 4.35. The lowest BCUT2D eigenvalue weighted by atomic mass is 10.2. The number of nitrogens with one attached hydrogen (secondary N) is 1. The molecule has 1 atom stereocenters. The molecule has 0 saturated heterocycles. The molecule has 2 aromatic rings. The molecule has 0 fully saturated rings. The second kappa shape index (κ2) is 8.34. The Bertz CT molecular complexity index is 749. The van der Waals surface area contributed by atoms with Crippen LogP contribution in [0.4, 0.5) is 8.78 Å². The molecular weight excluding hydrogens is 402 g/mol. The van der Waals surface area contributed by atoms with Gasteiger partial charge in [-0.1, -0.05) is 15.9 Å². The van der Waals surface area contributed by atoms with Gasteiger partial charge in [0.2, 0.25) is 5.91 Å². The average molecular weight is 417 g/mol. The van der Waals surface area contributed by atoms with Crippen LogP contribution in [0.5, 0.6) is 5.75 Å². The van der Waals surface area contributed by atoms with Gasteiger partial charge in [0, 0.05) is 27.2 Å². The van der Waals surface area contributed by atoms with E-state index in [4.69, 9.17) is 0 Å². The maximum atomic E-state index is 12.4. The number of rotatable bonds is 6. The third kappa shape index (κ3) is 5.38. The van der Waals surface area contributed by atoms with Crippen molar-refractivity contribution in [2.75, 3.05) is 0 Å². The Hall–Kier alpha value is -1.80. The molecule has 0 spiro atoms. The predicted molar refractivity (Wildman–Crippen MR) is 93.2 cm³/mol. The van der Waals surface area contributed by atoms with Crippen LogP contribution in [0, 0.1) is 6.92 Å². The molecule has 0 saturated carbocycles. The lowest BCUT2D eigenvalue weighted by molar-refractivity contribution is -0.117. The van der Waals surface area contributed by atoms with E-state index in [9.17, 15) is 13.6 Å². The van der Waals surface area contributed by atoms with Crippen LogP contribution in [-0.2, 0) is 4.79 Å². The van der Waals surface area contributed by atoms with Crippen LogP contribution in [0.3, 0.4) is 0 Å². The van der Waals surface area contributed by atoms with Gasteiger partial charge in [-0.2, -0.15) is 8.78 Å². The fraction of sp³-hybridized carbons (Fsp3) is 0.250. The van der Waals surface area contributed by atoms with Crippen LogP contribution in [-0.4, -0.2) is 17.5 Å². The minimum Gasteiger partial charge on any atom is -0.434 e. The molecule has 1 heterocycles. The number of aromatic nitrogens is 1. The fourth-order valence-corrected chi connectivity index (χ4v) is 3.10. The van der Waals surface area contributed by atoms with Crippen molar-refractivity contribution >= 4 is 39.2 Å². The highest BCUT2D eigenvalue weighted by Crippen LogP contribution is 2.26. The zero-order chi connectivity index (χ0) is 17.7. The second-order valence-electron chi connectivity index (χ2n) is 4.95. The van der Waals surface area contributed by atoms with Crippen LogP contribution < -0.4 is 10.1 Å². The number of benzene rings is 1. The number of hydrogen-bond acceptors (Lipinski definition) is 4. The Morgan fingerprint density at radius 3 is 2.83 bits per heavy atom. The summed E-state index contributed by atoms with van der Waals surface area (Å²) in [5.74, 6) is -0.348. The highest BCUT2D eigenvalue weighted by molar-refractivity contribution is 9.10. The van der Waals surface area contributed by atoms with Crippen molar-refractivity contribution < 1.29 is 18.3 Å². The zero-order valence-corrected chi connectivity index (χ0v) is 15.3. The molecule has 0 bridgehead atoms. The number of carbonyl (C=O) groups is 1. The first-order valence-electron chi connectivity index (χ1n) is 7.00. The maximum Gasteiger partial charge on any atom is 0.387 e. The van der Waals surface area contributed by atoms with Crippen molar-refractivity contribution in [2.45, 2.75) is 26.5 Å². The van der Waals surface area contributed by atoms with Crippen molar-refractivity contribution in [1.29, 1.82) is 0 Å². The van der Waals surface area contributed by atoms with Gasteiger partial charge in [-0.15, -0.1) is 11.3 Å². The molecule has 2 rings (SSSR count). The Labute approximate surface area is 150 Å². The molecule has 0 aliphatic rings. The molecule has 1 aromatic heterocycles. The van der Waals surface area contributed by atoms with Crippen molar-refractivity contribution in [3.05, 3.63) is 50.4 Å². The van der Waals surface area contributed by atoms with Crippen molar-refractivity contribution in [3.63, 3.8) is 0 Å². The molecule has 4 nitrogen and oxygen atoms in total. The summed E-state index contributed by atoms with van der Waals surface area (Å²) >= 11 is 4.72. The van der Waals surface area contributed by atoms with Crippen molar-refractivity contribution in [1.82, 2.24) is 10.3 Å². The van der Waals surface area contributed by atoms with E-state index in [0.717, 1.165) is 10.7 Å². The summed E-state index contributed by atoms with van der Waals surface area (Å²) < 4.78 is 30.0. The normalized spacial score (nSPS) is 12.6. The molecule has 1 unspecified atom stereocenters. The van der Waals surface area contributed by atoms with Crippen LogP contribution in [0.1, 0.15) is 29.2 Å². The molecule has 1 amide bonds. The fourth-order valence-electron chi connectivity index (χ4n) is 1.91. The number of amides is 1. The average Bonchev–Trinajstić information content (AvgIpc) is 2.93. The third-order valence-corrected chi connectivity index (χ3v) is 4.61. The van der Waals surface area contributed by atoms with Crippen LogP contribution >= 0.6 is 27.3 Å². The third-order valence-electron chi connectivity index (χ3n) is 2.97. The predicted octanol–water partition coefficient (Wildman–Crippen LogP) is 4.71. The molecule has 0 aliphatic heterocycles. The Morgan fingerprint density at radius 2 is 2.21 bits per heavy atom. The zero-order valence-electron chi connectivity index (χ0n) is 12.9. The van der Waals surface area contributed by atoms with E-state index in [1.54, 1.807) is 12.1 Å². The Balaban J connectivity index is 2.06. The minimum absolute atomic E-state index is 0.000784. The van der Waals surface area contributed by atoms with Crippen LogP contribution in [0.15, 0.2) is 34.1 Å². The summed E-state index contributed by atoms with van der Waals surface area (Å²) in [6.45, 7) is 0.779. The SMILES string of the molecule is Cc1csc(C(C)NC(=O)/C=C/c2cc(Br)ccc2OC(F)F)n1. The van der Waals surface area contributed by atoms with Crippen molar-refractivity contribution in [3.8, 4) is 5.75 Å². The van der Waals surface area contributed by atoms with Crippen LogP contribution in [0.2, 0.25) is 0 Å². The number of alkyl halides is 2. The number of thiazole rings is 1. The lowest BCUT2D eigenvalue weighted by Gasteiger charge is -2.10. The molecule has 8 heteroatoms. The van der Waals surface area contributed by atoms with Gasteiger partial charge in [-0.05, 0) is 38.1 Å². The first-order valence-corrected chi connectivity index (χ1v) is 8.67. The van der Waals surface area contributed by atoms with E-state index in [0.29, 0.717) is 10.0 Å². The molecule has 128 valence electrons. The van der Waals surface area contributed by atoms with Crippen molar-refractivity contribution in [2.24, 2.45) is 0 Å². The second-order valence-corrected chi connectivity index (χ2v) is 6.76. The molecule has 1 aromatic carbocycles. The Morgan fingerprint density at radius 1 is 1.46 bits per heavy atom. The van der Waals surface area contributed by atoms with Gasteiger partial charge in [0.15, 0.2) is 0 Å². The van der Waals surface area contributed by atoms with Crippen LogP contribution in [0.25, 0.3) is 6.08 Å². The van der Waals surface area contributed by atoms with Gasteiger partial charge >= 0.3 is 6.61 Å². The van der Waals surface area contributed by atoms with Gasteiger partial charge in [0.05, 0.1) is 6.04 Å². The van der Waals surface area contributed by atoms with E-state index in [2.05, 4.69) is 31.0 Å². The standard InChI is InChI=1S/C16H15BrF2N2O2S/c1-9-8-24-15(20-9)10(2)21-14(22)6-3-11-7-12(17)4-5-13(11)23-16(18)19/h3-8,10,16H,1-2H3,(H,21,22)/b6-3+. The maximum absolute atomic E-state index is 12.4. The first kappa shape index (κ1) is 18.5. The number of nitrogens with zero attached hydrogens (tertiary/aromatic N) is 1. The highest BCUT2D eigenvalue weighted by atomic mass is 79.9. The number of aryl methyl sites for hydroxylation is 1. The molecular formula is C16H15BrF2N2O2S. The first-order chi connectivity index (χ1) is 11.3. The molecule has 0 aliphatic carbocycles. The van der Waals surface area contributed by atoms with Gasteiger partial charge in [-0.25, -0.2) is 4.98 Å². The molecule has 24 heavy (non-hydrogen) atoms. The summed E-state index contributed by atoms with van der Waals surface area (Å²) in [4.78, 5) is 16.3. The summed E-state index contributed by atoms with van der Waals surface area (Å²) in [5, 5.41) is 5.49. The number of halogens is 3. The highest BCUT2D eigenvalue weighted by Gasteiger charge is 2.12. The van der Waals surface area contributed by atoms with Gasteiger partial charge in [0.25, 0.3) is 0 Å². The van der Waals surface area contributed by atoms with E-state index in [1.807, 2.05) is 19.2 Å². The van der Waals surface area contributed by atoms with Gasteiger partial charge < -0.3 is 10.1 Å².